The minimum atomic E-state index is -1.28. The molecule has 0 saturated carbocycles. The first-order valence-electron chi connectivity index (χ1n) is 24.2. The van der Waals surface area contributed by atoms with Gasteiger partial charge in [0.05, 0.1) is 36.9 Å². The lowest BCUT2D eigenvalue weighted by atomic mass is 10.1. The third kappa shape index (κ3) is 16.6. The number of hydrogen-bond donors (Lipinski definition) is 12. The van der Waals surface area contributed by atoms with E-state index in [4.69, 9.17) is 16.6 Å². The molecule has 0 fully saturated rings. The maximum atomic E-state index is 13.1. The minimum Gasteiger partial charge on any atom is -0.481 e. The molecule has 0 radical (unpaired) electrons. The molecule has 8 rings (SSSR count). The van der Waals surface area contributed by atoms with Crippen molar-refractivity contribution in [3.8, 4) is 0 Å². The Morgan fingerprint density at radius 3 is 1.40 bits per heavy atom. The maximum absolute atomic E-state index is 13.1. The van der Waals surface area contributed by atoms with Crippen molar-refractivity contribution in [3.63, 3.8) is 0 Å². The number of nitrogen functional groups attached to an aromatic ring is 2. The predicted octanol–water partition coefficient (Wildman–Crippen LogP) is 2.65. The number of rotatable bonds is 22. The van der Waals surface area contributed by atoms with Gasteiger partial charge >= 0.3 is 11.9 Å². The highest BCUT2D eigenvalue weighted by Gasteiger charge is 2.24. The summed E-state index contributed by atoms with van der Waals surface area (Å²) in [6.45, 7) is 0.702. The molecule has 80 heavy (non-hydrogen) atoms. The molecule has 14 N–H and O–H groups in total. The highest BCUT2D eigenvalue weighted by molar-refractivity contribution is 5.98. The number of nitrogens with two attached hydrogens (primary N) is 2. The number of amides is 4. The average Bonchev–Trinajstić information content (AvgIpc) is 3.44. The van der Waals surface area contributed by atoms with E-state index in [1.54, 1.807) is 24.3 Å². The van der Waals surface area contributed by atoms with Crippen LogP contribution in [0.15, 0.2) is 119 Å². The zero-order valence-electron chi connectivity index (χ0n) is 42.0. The molecule has 8 aromatic rings. The first-order valence-corrected chi connectivity index (χ1v) is 24.2. The molecular formula is C52H50F2N16O10. The number of aliphatic carboxylic acids is 2. The van der Waals surface area contributed by atoms with Crippen LogP contribution >= 0.6 is 0 Å². The van der Waals surface area contributed by atoms with Crippen LogP contribution in [0, 0.1) is 11.6 Å². The van der Waals surface area contributed by atoms with Crippen molar-refractivity contribution in [2.45, 2.75) is 63.9 Å². The van der Waals surface area contributed by atoms with E-state index in [2.05, 4.69) is 71.8 Å². The van der Waals surface area contributed by atoms with Crippen molar-refractivity contribution in [2.75, 3.05) is 22.1 Å². The molecule has 0 saturated heterocycles. The Morgan fingerprint density at radius 1 is 0.537 bits per heavy atom. The quantitative estimate of drug-likeness (QED) is 0.0464. The standard InChI is InChI=1S/2C26H25FN8O5/c27-16-5-1-14(2-6-16)11-30-20(36)10-9-19(25(39)40)33-23(37)15-3-7-17(8-4-15)29-12-18-13-31-22-21(32-18)24(38)35-26(28)34-22;27-16-5-1-14(2-6-16)11-31-24(39)19(9-10-20(36)37)33-23(38)15-3-7-17(8-4-15)29-12-18-13-30-22-21(32-18)25(40)35-26(28)34-22/h1-8,13,19,29H,9-12H2,(H,30,36)(H,33,37)(H,39,40)(H3,28,31,34,35,38);1-8,13,19,29H,9-12H2,(H,31,39)(H,33,38)(H,36,37)(H3,28,30,34,35,40)/t2*19-/m00/s1/i2*27-1. The number of anilines is 4. The highest BCUT2D eigenvalue weighted by Crippen LogP contribution is 2.15. The molecule has 0 spiro atoms. The van der Waals surface area contributed by atoms with E-state index >= 15 is 0 Å². The number of hydrogen-bond acceptors (Lipinski definition) is 18. The summed E-state index contributed by atoms with van der Waals surface area (Å²) >= 11 is 0. The monoisotopic (exact) mass is 1090 g/mol. The van der Waals surface area contributed by atoms with E-state index in [1.165, 1.54) is 85.2 Å². The molecule has 412 valence electrons. The minimum absolute atomic E-state index is 0.0545. The number of benzene rings is 4. The number of halogens is 2. The second-order valence-electron chi connectivity index (χ2n) is 17.4. The van der Waals surface area contributed by atoms with Gasteiger partial charge in [0, 0.05) is 48.4 Å². The highest BCUT2D eigenvalue weighted by atomic mass is 18.2. The van der Waals surface area contributed by atoms with Gasteiger partial charge in [-0.3, -0.25) is 43.5 Å². The zero-order valence-corrected chi connectivity index (χ0v) is 42.0. The Labute approximate surface area is 450 Å². The number of carboxylic acids is 2. The van der Waals surface area contributed by atoms with Gasteiger partial charge in [0.25, 0.3) is 22.9 Å². The van der Waals surface area contributed by atoms with Gasteiger partial charge in [-0.05, 0) is 96.8 Å². The number of fused-ring (bicyclic) bond motifs is 2. The van der Waals surface area contributed by atoms with E-state index in [0.29, 0.717) is 33.9 Å². The number of H-pyrrole nitrogens is 2. The third-order valence-corrected chi connectivity index (χ3v) is 11.5. The van der Waals surface area contributed by atoms with Crippen LogP contribution in [0.5, 0.6) is 0 Å². The fraction of sp³-hybridized carbons (Fsp3) is 0.192. The molecule has 0 bridgehead atoms. The molecule has 4 amide bonds. The van der Waals surface area contributed by atoms with Crippen molar-refractivity contribution in [1.29, 1.82) is 0 Å². The molecule has 4 heterocycles. The molecule has 2 atom stereocenters. The number of nitrogens with zero attached hydrogens (tertiary/aromatic N) is 6. The number of carboxylic acid groups (broad SMARTS) is 2. The normalized spacial score (nSPS) is 11.5. The molecule has 0 unspecified atom stereocenters. The second-order valence-corrected chi connectivity index (χ2v) is 17.4. The van der Waals surface area contributed by atoms with E-state index in [-0.39, 0.29) is 103 Å². The van der Waals surface area contributed by atoms with Crippen LogP contribution in [0.3, 0.4) is 0 Å². The lowest BCUT2D eigenvalue weighted by molar-refractivity contribution is -0.140. The largest absolute Gasteiger partial charge is 0.481 e. The van der Waals surface area contributed by atoms with Crippen LogP contribution in [0.2, 0.25) is 0 Å². The topological polar surface area (TPSA) is 410 Å². The smallest absolute Gasteiger partial charge is 0.326 e. The van der Waals surface area contributed by atoms with Crippen LogP contribution in [-0.2, 0) is 45.4 Å². The summed E-state index contributed by atoms with van der Waals surface area (Å²) in [5, 5.41) is 35.0. The molecular weight excluding hydrogens is 1040 g/mol. The summed E-state index contributed by atoms with van der Waals surface area (Å²) in [6.07, 6.45) is 2.22. The summed E-state index contributed by atoms with van der Waals surface area (Å²) in [4.78, 5) is 126. The fourth-order valence-corrected chi connectivity index (χ4v) is 7.33. The van der Waals surface area contributed by atoms with Crippen molar-refractivity contribution >= 4 is 81.2 Å². The van der Waals surface area contributed by atoms with Crippen LogP contribution in [0.25, 0.3) is 22.3 Å². The lowest BCUT2D eigenvalue weighted by Crippen LogP contribution is -2.46. The third-order valence-electron chi connectivity index (χ3n) is 11.5. The Morgan fingerprint density at radius 2 is 0.963 bits per heavy atom. The van der Waals surface area contributed by atoms with Gasteiger partial charge < -0.3 is 53.6 Å². The van der Waals surface area contributed by atoms with Gasteiger partial charge in [-0.15, -0.1) is 0 Å². The van der Waals surface area contributed by atoms with Gasteiger partial charge in [-0.1, -0.05) is 24.3 Å². The molecule has 4 aromatic carbocycles. The molecule has 26 nitrogen and oxygen atoms in total. The van der Waals surface area contributed by atoms with Crippen LogP contribution < -0.4 is 54.5 Å². The second kappa shape index (κ2) is 26.8. The van der Waals surface area contributed by atoms with Crippen molar-refractivity contribution in [3.05, 3.63) is 175 Å². The van der Waals surface area contributed by atoms with E-state index in [1.807, 2.05) is 0 Å². The molecule has 0 aliphatic rings. The molecule has 0 aliphatic carbocycles. The van der Waals surface area contributed by atoms with Crippen LogP contribution in [0.4, 0.5) is 32.1 Å². The van der Waals surface area contributed by atoms with E-state index in [9.17, 15) is 52.2 Å². The first kappa shape index (κ1) is 56.9. The first-order chi connectivity index (χ1) is 38.3. The molecule has 4 aromatic heterocycles. The zero-order chi connectivity index (χ0) is 57.3. The Hall–Kier alpha value is -10.8. The lowest BCUT2D eigenvalue weighted by Gasteiger charge is -2.18. The maximum Gasteiger partial charge on any atom is 0.326 e. The van der Waals surface area contributed by atoms with Crippen molar-refractivity contribution in [1.82, 2.24) is 61.1 Å². The van der Waals surface area contributed by atoms with Gasteiger partial charge in [0.2, 0.25) is 23.7 Å². The van der Waals surface area contributed by atoms with Gasteiger partial charge in [0.15, 0.2) is 22.3 Å². The average molecular weight is 1100 g/mol. The number of nitrogens with one attached hydrogen (secondary N) is 8. The van der Waals surface area contributed by atoms with Crippen LogP contribution in [-0.4, -0.2) is 97.7 Å². The molecule has 0 aliphatic heterocycles. The summed E-state index contributed by atoms with van der Waals surface area (Å²) in [5.74, 6) is -5.44. The number of carbonyl (C=O) groups excluding carboxylic acids is 4. The van der Waals surface area contributed by atoms with Crippen LogP contribution in [0.1, 0.15) is 68.9 Å². The SMILES string of the molecule is Nc1nc2ncc(CNc3ccc(C(=O)N[C@@H](CCC(=O)NCc4ccc([18F])cc4)C(=O)O)cc3)nc2c(=O)[nH]1.Nc1nc2ncc(CNc3ccc(C(=O)N[C@@H](CCC(=O)O)C(=O)NCc4ccc([18F])cc4)cc3)nc2c(=O)[nH]1. The summed E-state index contributed by atoms with van der Waals surface area (Å²) in [5.41, 5.74) is 14.4. The number of carbonyl (C=O) groups is 6. The number of aromatic nitrogens is 8. The van der Waals surface area contributed by atoms with Gasteiger partial charge in [-0.25, -0.2) is 33.5 Å². The number of aromatic amines is 2. The summed E-state index contributed by atoms with van der Waals surface area (Å²) in [7, 11) is 0. The summed E-state index contributed by atoms with van der Waals surface area (Å²) in [6, 6.07) is 21.4. The fourth-order valence-electron chi connectivity index (χ4n) is 7.33. The van der Waals surface area contributed by atoms with Crippen molar-refractivity contribution < 1.29 is 47.8 Å². The van der Waals surface area contributed by atoms with Gasteiger partial charge in [-0.2, -0.15) is 9.97 Å². The van der Waals surface area contributed by atoms with Crippen molar-refractivity contribution in [2.24, 2.45) is 0 Å². The Kier molecular flexibility index (Phi) is 19.1. The summed E-state index contributed by atoms with van der Waals surface area (Å²) < 4.78 is 26.1. The molecule has 28 heteroatoms. The predicted molar refractivity (Wildman–Crippen MR) is 285 cm³/mol. The van der Waals surface area contributed by atoms with E-state index < -0.39 is 64.6 Å². The van der Waals surface area contributed by atoms with Gasteiger partial charge in [0.1, 0.15) is 23.7 Å². The Bertz CT molecular complexity index is 3660. The Balaban J connectivity index is 0.000000231. The van der Waals surface area contributed by atoms with E-state index in [0.717, 1.165) is 0 Å².